The lowest BCUT2D eigenvalue weighted by molar-refractivity contribution is 0.693. The van der Waals surface area contributed by atoms with Gasteiger partial charge in [-0.15, -0.1) is 0 Å². The lowest BCUT2D eigenvalue weighted by atomic mass is 10.5. The van der Waals surface area contributed by atoms with E-state index in [0.717, 1.165) is 0 Å². The number of nitrogens with zero attached hydrogens (tertiary/aromatic N) is 1. The summed E-state index contributed by atoms with van der Waals surface area (Å²) in [5.41, 5.74) is 0. The number of rotatable bonds is 0. The van der Waals surface area contributed by atoms with E-state index >= 15 is 0 Å². The van der Waals surface area contributed by atoms with Crippen LogP contribution in [0, 0.1) is 0 Å². The van der Waals surface area contributed by atoms with Gasteiger partial charge in [-0.25, -0.2) is 0 Å². The van der Waals surface area contributed by atoms with Gasteiger partial charge in [0.15, 0.2) is 0 Å². The van der Waals surface area contributed by atoms with Gasteiger partial charge < -0.3 is 0 Å². The van der Waals surface area contributed by atoms with E-state index in [-0.39, 0.29) is 0 Å². The Hall–Kier alpha value is -0.960. The van der Waals surface area contributed by atoms with E-state index in [9.17, 15) is 4.21 Å². The zero-order chi connectivity index (χ0) is 7.23. The second-order valence-electron chi connectivity index (χ2n) is 1.63. The van der Waals surface area contributed by atoms with Crippen LogP contribution in [0.1, 0.15) is 0 Å². The van der Waals surface area contributed by atoms with E-state index in [1.165, 1.54) is 11.6 Å². The third-order valence-corrected chi connectivity index (χ3v) is 1.70. The Morgan fingerprint density at radius 3 is 2.90 bits per heavy atom. The van der Waals surface area contributed by atoms with Crippen molar-refractivity contribution in [2.24, 2.45) is 4.99 Å². The Bertz CT molecular complexity index is 214. The third-order valence-electron chi connectivity index (χ3n) is 0.888. The maximum Gasteiger partial charge on any atom is 0.0717 e. The third kappa shape index (κ3) is 2.55. The first-order valence-electron chi connectivity index (χ1n) is 2.82. The quantitative estimate of drug-likeness (QED) is 0.516. The molecule has 0 amide bonds. The Balaban J connectivity index is 2.80. The van der Waals surface area contributed by atoms with Gasteiger partial charge in [0.05, 0.1) is 10.8 Å². The van der Waals surface area contributed by atoms with Gasteiger partial charge in [-0.1, -0.05) is 12.2 Å². The molecule has 0 bridgehead atoms. The molecule has 0 aromatic heterocycles. The second-order valence-corrected chi connectivity index (χ2v) is 2.83. The largest absolute Gasteiger partial charge is 0.264 e. The van der Waals surface area contributed by atoms with Crippen molar-refractivity contribution in [2.75, 3.05) is 0 Å². The topological polar surface area (TPSA) is 29.4 Å². The lowest BCUT2D eigenvalue weighted by Gasteiger charge is -1.77. The summed E-state index contributed by atoms with van der Waals surface area (Å²) >= 11 is 0. The van der Waals surface area contributed by atoms with E-state index in [1.807, 2.05) is 0 Å². The highest BCUT2D eigenvalue weighted by Gasteiger charge is 1.82. The maximum atomic E-state index is 10.8. The summed E-state index contributed by atoms with van der Waals surface area (Å²) in [4.78, 5) is 3.82. The van der Waals surface area contributed by atoms with Crippen LogP contribution in [0.25, 0.3) is 0 Å². The molecule has 10 heavy (non-hydrogen) atoms. The fourth-order valence-corrected chi connectivity index (χ4v) is 1.00. The minimum atomic E-state index is -1.01. The van der Waals surface area contributed by atoms with Crippen LogP contribution in [0.15, 0.2) is 40.2 Å². The molecule has 0 N–H and O–H groups in total. The van der Waals surface area contributed by atoms with Crippen LogP contribution < -0.4 is 0 Å². The molecule has 0 saturated heterocycles. The molecule has 0 aromatic rings. The molecule has 1 rings (SSSR count). The molecule has 0 fully saturated rings. The molecule has 1 heterocycles. The number of allylic oxidation sites excluding steroid dienone is 3. The SMILES string of the molecule is O=S1C=CC=CC=NC=C1. The Morgan fingerprint density at radius 2 is 2.00 bits per heavy atom. The monoisotopic (exact) mass is 153 g/mol. The first-order chi connectivity index (χ1) is 4.89. The zero-order valence-corrected chi connectivity index (χ0v) is 6.12. The zero-order valence-electron chi connectivity index (χ0n) is 5.31. The van der Waals surface area contributed by atoms with Crippen LogP contribution in [0.3, 0.4) is 0 Å². The highest BCUT2D eigenvalue weighted by molar-refractivity contribution is 7.90. The molecule has 0 saturated carbocycles. The van der Waals surface area contributed by atoms with E-state index in [4.69, 9.17) is 0 Å². The van der Waals surface area contributed by atoms with Crippen molar-refractivity contribution in [1.82, 2.24) is 0 Å². The summed E-state index contributed by atoms with van der Waals surface area (Å²) in [7, 11) is -1.01. The average molecular weight is 153 g/mol. The minimum absolute atomic E-state index is 1.01. The standard InChI is InChI=1S/C7H7NOS/c9-10-6-3-1-2-4-8-5-7-10/h1-7H. The molecule has 52 valence electrons. The van der Waals surface area contributed by atoms with Crippen LogP contribution in [0.5, 0.6) is 0 Å². The molecule has 3 heteroatoms. The van der Waals surface area contributed by atoms with Crippen LogP contribution in [-0.2, 0) is 10.8 Å². The molecule has 0 aromatic carbocycles. The molecule has 0 aliphatic carbocycles. The first kappa shape index (κ1) is 7.15. The molecule has 1 unspecified atom stereocenters. The van der Waals surface area contributed by atoms with Crippen molar-refractivity contribution in [3.8, 4) is 0 Å². The van der Waals surface area contributed by atoms with E-state index < -0.39 is 10.8 Å². The van der Waals surface area contributed by atoms with Crippen molar-refractivity contribution >= 4 is 17.0 Å². The van der Waals surface area contributed by atoms with Gasteiger partial charge in [-0.3, -0.25) is 9.20 Å². The number of hydrogen-bond acceptors (Lipinski definition) is 2. The van der Waals surface area contributed by atoms with E-state index in [0.29, 0.717) is 0 Å². The van der Waals surface area contributed by atoms with Crippen molar-refractivity contribution in [2.45, 2.75) is 0 Å². The molecule has 2 nitrogen and oxygen atoms in total. The van der Waals surface area contributed by atoms with Gasteiger partial charge in [-0.2, -0.15) is 0 Å². The normalized spacial score (nSPS) is 23.8. The van der Waals surface area contributed by atoms with Crippen molar-refractivity contribution in [3.63, 3.8) is 0 Å². The fourth-order valence-electron chi connectivity index (χ4n) is 0.476. The number of hydrogen-bond donors (Lipinski definition) is 0. The van der Waals surface area contributed by atoms with Crippen LogP contribution in [0.4, 0.5) is 0 Å². The van der Waals surface area contributed by atoms with Gasteiger partial charge in [-0.05, 0) is 6.08 Å². The predicted octanol–water partition coefficient (Wildman–Crippen LogP) is 1.36. The predicted molar refractivity (Wildman–Crippen MR) is 44.1 cm³/mol. The van der Waals surface area contributed by atoms with Gasteiger partial charge in [0.2, 0.25) is 0 Å². The average Bonchev–Trinajstić information content (AvgIpc) is 2.02. The molecular weight excluding hydrogens is 146 g/mol. The second kappa shape index (κ2) is 3.95. The smallest absolute Gasteiger partial charge is 0.0717 e. The van der Waals surface area contributed by atoms with Gasteiger partial charge >= 0.3 is 0 Å². The Morgan fingerprint density at radius 1 is 1.10 bits per heavy atom. The fraction of sp³-hybridized carbons (Fsp3) is 0. The van der Waals surface area contributed by atoms with Crippen LogP contribution in [-0.4, -0.2) is 10.4 Å². The van der Waals surface area contributed by atoms with Gasteiger partial charge in [0.25, 0.3) is 0 Å². The summed E-state index contributed by atoms with van der Waals surface area (Å²) in [5, 5.41) is 3.13. The van der Waals surface area contributed by atoms with Crippen LogP contribution >= 0.6 is 0 Å². The molecule has 1 aliphatic heterocycles. The van der Waals surface area contributed by atoms with E-state index in [1.54, 1.807) is 29.9 Å². The lowest BCUT2D eigenvalue weighted by Crippen LogP contribution is -1.71. The molecule has 0 radical (unpaired) electrons. The molecule has 0 spiro atoms. The number of aliphatic imine (C=N–C) groups is 1. The molecule has 1 atom stereocenters. The highest BCUT2D eigenvalue weighted by Crippen LogP contribution is 1.90. The molecule has 1 aliphatic rings. The Labute approximate surface area is 62.1 Å². The maximum absolute atomic E-state index is 10.8. The molecular formula is C7H7NOS. The Kier molecular flexibility index (Phi) is 2.83. The summed E-state index contributed by atoms with van der Waals surface area (Å²) in [6, 6.07) is 0. The van der Waals surface area contributed by atoms with Crippen molar-refractivity contribution in [3.05, 3.63) is 35.2 Å². The summed E-state index contributed by atoms with van der Waals surface area (Å²) in [6.45, 7) is 0. The summed E-state index contributed by atoms with van der Waals surface area (Å²) in [5.74, 6) is 0. The minimum Gasteiger partial charge on any atom is -0.264 e. The van der Waals surface area contributed by atoms with Gasteiger partial charge in [0.1, 0.15) is 0 Å². The van der Waals surface area contributed by atoms with E-state index in [2.05, 4.69) is 4.99 Å². The summed E-state index contributed by atoms with van der Waals surface area (Å²) < 4.78 is 10.8. The van der Waals surface area contributed by atoms with Crippen molar-refractivity contribution < 1.29 is 4.21 Å². The van der Waals surface area contributed by atoms with Gasteiger partial charge in [0, 0.05) is 23.2 Å². The first-order valence-corrected chi connectivity index (χ1v) is 4.10. The van der Waals surface area contributed by atoms with Crippen LogP contribution in [0.2, 0.25) is 0 Å². The highest BCUT2D eigenvalue weighted by atomic mass is 32.2. The summed E-state index contributed by atoms with van der Waals surface area (Å²) in [6.07, 6.45) is 8.47. The van der Waals surface area contributed by atoms with Crippen molar-refractivity contribution in [1.29, 1.82) is 0 Å².